The summed E-state index contributed by atoms with van der Waals surface area (Å²) in [5.41, 5.74) is -0.908. The van der Waals surface area contributed by atoms with E-state index in [4.69, 9.17) is 0 Å². The van der Waals surface area contributed by atoms with Gasteiger partial charge in [-0.15, -0.1) is 0 Å². The van der Waals surface area contributed by atoms with Crippen molar-refractivity contribution < 1.29 is 22.4 Å². The van der Waals surface area contributed by atoms with E-state index >= 15 is 0 Å². The van der Waals surface area contributed by atoms with Crippen molar-refractivity contribution in [2.75, 3.05) is 0 Å². The summed E-state index contributed by atoms with van der Waals surface area (Å²) in [7, 11) is 0. The van der Waals surface area contributed by atoms with Gasteiger partial charge in [-0.1, -0.05) is 0 Å². The topological polar surface area (TPSA) is 30.0 Å². The first-order valence-electron chi connectivity index (χ1n) is 5.63. The van der Waals surface area contributed by atoms with Crippen LogP contribution >= 0.6 is 0 Å². The zero-order valence-electron chi connectivity index (χ0n) is 10.3. The van der Waals surface area contributed by atoms with Crippen molar-refractivity contribution in [1.82, 2.24) is 4.98 Å². The molecule has 1 aromatic carbocycles. The highest BCUT2D eigenvalue weighted by atomic mass is 19.4. The number of hydrogen-bond acceptors (Lipinski definition) is 2. The van der Waals surface area contributed by atoms with Crippen LogP contribution in [0.4, 0.5) is 17.6 Å². The molecule has 104 valence electrons. The molecule has 2 nitrogen and oxygen atoms in total. The van der Waals surface area contributed by atoms with E-state index in [0.717, 1.165) is 6.07 Å². The molecule has 0 saturated carbocycles. The van der Waals surface area contributed by atoms with Crippen molar-refractivity contribution >= 4 is 5.78 Å². The Balaban J connectivity index is 2.50. The summed E-state index contributed by atoms with van der Waals surface area (Å²) in [6.07, 6.45) is -2.10. The van der Waals surface area contributed by atoms with Gasteiger partial charge >= 0.3 is 6.18 Å². The Morgan fingerprint density at radius 3 is 2.50 bits per heavy atom. The van der Waals surface area contributed by atoms with Crippen LogP contribution in [0.3, 0.4) is 0 Å². The van der Waals surface area contributed by atoms with Gasteiger partial charge in [0, 0.05) is 23.5 Å². The Labute approximate surface area is 112 Å². The van der Waals surface area contributed by atoms with Crippen LogP contribution < -0.4 is 0 Å². The molecule has 20 heavy (non-hydrogen) atoms. The van der Waals surface area contributed by atoms with Crippen molar-refractivity contribution in [1.29, 1.82) is 0 Å². The number of halogens is 4. The molecule has 0 aliphatic carbocycles. The molecule has 0 aliphatic heterocycles. The predicted molar refractivity (Wildman–Crippen MR) is 63.8 cm³/mol. The minimum absolute atomic E-state index is 0.187. The van der Waals surface area contributed by atoms with Crippen LogP contribution in [0.1, 0.15) is 27.0 Å². The minimum atomic E-state index is -4.84. The first-order chi connectivity index (χ1) is 9.30. The third kappa shape index (κ3) is 2.68. The fourth-order valence-corrected chi connectivity index (χ4v) is 1.74. The summed E-state index contributed by atoms with van der Waals surface area (Å²) in [4.78, 5) is 15.9. The monoisotopic (exact) mass is 283 g/mol. The molecule has 0 radical (unpaired) electrons. The third-order valence-corrected chi connectivity index (χ3v) is 2.82. The normalized spacial score (nSPS) is 11.4. The van der Waals surface area contributed by atoms with Gasteiger partial charge in [0.05, 0.1) is 5.56 Å². The van der Waals surface area contributed by atoms with E-state index < -0.39 is 23.3 Å². The van der Waals surface area contributed by atoms with Crippen molar-refractivity contribution in [2.24, 2.45) is 0 Å². The first-order valence-corrected chi connectivity index (χ1v) is 5.63. The van der Waals surface area contributed by atoms with Crippen molar-refractivity contribution in [3.8, 4) is 0 Å². The Morgan fingerprint density at radius 1 is 1.20 bits per heavy atom. The zero-order valence-corrected chi connectivity index (χ0v) is 10.3. The van der Waals surface area contributed by atoms with Gasteiger partial charge in [0.25, 0.3) is 0 Å². The van der Waals surface area contributed by atoms with Gasteiger partial charge in [-0.2, -0.15) is 13.2 Å². The highest BCUT2D eigenvalue weighted by molar-refractivity contribution is 6.09. The molecule has 0 aliphatic rings. The molecule has 6 heteroatoms. The number of ketones is 1. The van der Waals surface area contributed by atoms with Gasteiger partial charge in [-0.3, -0.25) is 9.78 Å². The first kappa shape index (κ1) is 14.2. The fraction of sp³-hybridized carbons (Fsp3) is 0.143. The van der Waals surface area contributed by atoms with E-state index in [-0.39, 0.29) is 11.1 Å². The molecule has 2 aromatic rings. The summed E-state index contributed by atoms with van der Waals surface area (Å²) in [6.45, 7) is 1.64. The van der Waals surface area contributed by atoms with Crippen LogP contribution in [0.5, 0.6) is 0 Å². The molecule has 2 rings (SSSR count). The summed E-state index contributed by atoms with van der Waals surface area (Å²) < 4.78 is 51.0. The maximum atomic E-state index is 13.2. The van der Waals surface area contributed by atoms with Gasteiger partial charge in [0.2, 0.25) is 0 Å². The SMILES string of the molecule is Cc1ccncc1C(=O)c1ccc(F)c(C(F)(F)F)c1. The lowest BCUT2D eigenvalue weighted by atomic mass is 9.99. The van der Waals surface area contributed by atoms with E-state index in [0.29, 0.717) is 17.7 Å². The number of aromatic nitrogens is 1. The molecule has 0 saturated heterocycles. The quantitative estimate of drug-likeness (QED) is 0.620. The highest BCUT2D eigenvalue weighted by Crippen LogP contribution is 2.32. The largest absolute Gasteiger partial charge is 0.419 e. The van der Waals surface area contributed by atoms with E-state index in [1.54, 1.807) is 13.0 Å². The van der Waals surface area contributed by atoms with Crippen LogP contribution in [-0.4, -0.2) is 10.8 Å². The van der Waals surface area contributed by atoms with E-state index in [1.807, 2.05) is 0 Å². The maximum absolute atomic E-state index is 13.2. The Morgan fingerprint density at radius 2 is 1.90 bits per heavy atom. The summed E-state index contributed by atoms with van der Waals surface area (Å²) in [5.74, 6) is -2.03. The third-order valence-electron chi connectivity index (χ3n) is 2.82. The van der Waals surface area contributed by atoms with Gasteiger partial charge in [-0.25, -0.2) is 4.39 Å². The number of carbonyl (C=O) groups is 1. The number of nitrogens with zero attached hydrogens (tertiary/aromatic N) is 1. The molecule has 0 fully saturated rings. The lowest BCUT2D eigenvalue weighted by Gasteiger charge is -2.10. The van der Waals surface area contributed by atoms with Crippen LogP contribution in [0, 0.1) is 12.7 Å². The maximum Gasteiger partial charge on any atom is 0.419 e. The lowest BCUT2D eigenvalue weighted by Crippen LogP contribution is -2.11. The fourth-order valence-electron chi connectivity index (χ4n) is 1.74. The Kier molecular flexibility index (Phi) is 3.57. The van der Waals surface area contributed by atoms with E-state index in [1.165, 1.54) is 12.4 Å². The molecule has 0 bridgehead atoms. The lowest BCUT2D eigenvalue weighted by molar-refractivity contribution is -0.140. The molecule has 0 unspecified atom stereocenters. The molecule has 1 aromatic heterocycles. The van der Waals surface area contributed by atoms with Crippen LogP contribution in [0.25, 0.3) is 0 Å². The smallest absolute Gasteiger partial charge is 0.289 e. The van der Waals surface area contributed by atoms with Crippen molar-refractivity contribution in [3.63, 3.8) is 0 Å². The molecule has 0 atom stereocenters. The molecular weight excluding hydrogens is 274 g/mol. The van der Waals surface area contributed by atoms with Crippen LogP contribution in [0.2, 0.25) is 0 Å². The summed E-state index contributed by atoms with van der Waals surface area (Å²) in [5, 5.41) is 0. The van der Waals surface area contributed by atoms with Gasteiger partial charge in [0.15, 0.2) is 5.78 Å². The predicted octanol–water partition coefficient (Wildman–Crippen LogP) is 3.78. The standard InChI is InChI=1S/C14H9F4NO/c1-8-4-5-19-7-10(8)13(20)9-2-3-12(15)11(6-9)14(16,17)18/h2-7H,1H3. The number of aryl methyl sites for hydroxylation is 1. The van der Waals surface area contributed by atoms with Gasteiger partial charge < -0.3 is 0 Å². The number of rotatable bonds is 2. The molecule has 0 amide bonds. The second-order valence-electron chi connectivity index (χ2n) is 4.21. The number of hydrogen-bond donors (Lipinski definition) is 0. The van der Waals surface area contributed by atoms with Crippen molar-refractivity contribution in [3.05, 3.63) is 64.7 Å². The second kappa shape index (κ2) is 5.03. The number of pyridine rings is 1. The van der Waals surface area contributed by atoms with Crippen LogP contribution in [-0.2, 0) is 6.18 Å². The van der Waals surface area contributed by atoms with Crippen LogP contribution in [0.15, 0.2) is 36.7 Å². The van der Waals surface area contributed by atoms with E-state index in [9.17, 15) is 22.4 Å². The number of alkyl halides is 3. The average Bonchev–Trinajstić information content (AvgIpc) is 2.37. The molecule has 0 spiro atoms. The van der Waals surface area contributed by atoms with Gasteiger partial charge in [0.1, 0.15) is 5.82 Å². The minimum Gasteiger partial charge on any atom is -0.289 e. The molecule has 1 heterocycles. The molecule has 0 N–H and O–H groups in total. The number of carbonyl (C=O) groups excluding carboxylic acids is 1. The second-order valence-corrected chi connectivity index (χ2v) is 4.21. The van der Waals surface area contributed by atoms with Crippen molar-refractivity contribution in [2.45, 2.75) is 13.1 Å². The Hall–Kier alpha value is -2.24. The zero-order chi connectivity index (χ0) is 14.9. The summed E-state index contributed by atoms with van der Waals surface area (Å²) >= 11 is 0. The Bertz CT molecular complexity index is 664. The number of benzene rings is 1. The van der Waals surface area contributed by atoms with E-state index in [2.05, 4.69) is 4.98 Å². The van der Waals surface area contributed by atoms with Gasteiger partial charge in [-0.05, 0) is 36.8 Å². The highest BCUT2D eigenvalue weighted by Gasteiger charge is 2.34. The molecular formula is C14H9F4NO. The average molecular weight is 283 g/mol. The summed E-state index contributed by atoms with van der Waals surface area (Å²) in [6, 6.07) is 3.76.